The number of hydrogen-bond donors (Lipinski definition) is 0. The smallest absolute Gasteiger partial charge is 0.308 e. The molecule has 0 aliphatic heterocycles. The summed E-state index contributed by atoms with van der Waals surface area (Å²) in [6.07, 6.45) is -0.488. The van der Waals surface area contributed by atoms with Gasteiger partial charge in [0, 0.05) is 31.8 Å². The third-order valence-corrected chi connectivity index (χ3v) is 4.37. The molecule has 7 heteroatoms. The van der Waals surface area contributed by atoms with Gasteiger partial charge < -0.3 is 23.5 Å². The van der Waals surface area contributed by atoms with Crippen LogP contribution in [0.3, 0.4) is 0 Å². The van der Waals surface area contributed by atoms with Gasteiger partial charge in [0.15, 0.2) is 5.75 Å². The molecule has 0 saturated carbocycles. The SMILES string of the molecule is CC(=O)Oc1c(OC(C)C)c(OC(C)C)c(OC(C)=O)c2c1c1ccccc1n2C. The molecule has 0 atom stereocenters. The molecule has 7 nitrogen and oxygen atoms in total. The van der Waals surface area contributed by atoms with Crippen molar-refractivity contribution in [2.45, 2.75) is 53.8 Å². The van der Waals surface area contributed by atoms with E-state index >= 15 is 0 Å². The Kier molecular flexibility index (Phi) is 5.92. The van der Waals surface area contributed by atoms with Crippen molar-refractivity contribution < 1.29 is 28.5 Å². The van der Waals surface area contributed by atoms with E-state index < -0.39 is 11.9 Å². The van der Waals surface area contributed by atoms with Gasteiger partial charge in [0.2, 0.25) is 17.2 Å². The van der Waals surface area contributed by atoms with Crippen molar-refractivity contribution in [2.24, 2.45) is 7.05 Å². The van der Waals surface area contributed by atoms with Crippen molar-refractivity contribution in [3.8, 4) is 23.0 Å². The third-order valence-electron chi connectivity index (χ3n) is 4.37. The molecule has 1 heterocycles. The highest BCUT2D eigenvalue weighted by molar-refractivity contribution is 6.16. The van der Waals surface area contributed by atoms with Gasteiger partial charge in [-0.1, -0.05) is 18.2 Å². The predicted octanol–water partition coefficient (Wildman–Crippen LogP) is 4.76. The van der Waals surface area contributed by atoms with Crippen molar-refractivity contribution in [3.63, 3.8) is 0 Å². The van der Waals surface area contributed by atoms with Crippen LogP contribution in [-0.2, 0) is 16.6 Å². The lowest BCUT2D eigenvalue weighted by Gasteiger charge is -2.23. The van der Waals surface area contributed by atoms with E-state index in [0.717, 1.165) is 10.9 Å². The van der Waals surface area contributed by atoms with Gasteiger partial charge in [0.1, 0.15) is 5.52 Å². The summed E-state index contributed by atoms with van der Waals surface area (Å²) in [5.41, 5.74) is 1.46. The van der Waals surface area contributed by atoms with Crippen LogP contribution in [0, 0.1) is 0 Å². The number of rotatable bonds is 6. The number of esters is 2. The highest BCUT2D eigenvalue weighted by Gasteiger charge is 2.31. The Balaban J connectivity index is 2.59. The first-order valence-electron chi connectivity index (χ1n) is 9.89. The van der Waals surface area contributed by atoms with Crippen LogP contribution in [0.1, 0.15) is 41.5 Å². The van der Waals surface area contributed by atoms with E-state index in [9.17, 15) is 9.59 Å². The van der Waals surface area contributed by atoms with Crippen LogP contribution in [-0.4, -0.2) is 28.7 Å². The Morgan fingerprint density at radius 2 is 1.30 bits per heavy atom. The molecule has 30 heavy (non-hydrogen) atoms. The molecule has 2 aromatic carbocycles. The summed E-state index contributed by atoms with van der Waals surface area (Å²) in [5.74, 6) is -0.0527. The first-order valence-corrected chi connectivity index (χ1v) is 9.89. The zero-order valence-corrected chi connectivity index (χ0v) is 18.4. The molecular weight excluding hydrogens is 386 g/mol. The van der Waals surface area contributed by atoms with E-state index in [0.29, 0.717) is 10.9 Å². The van der Waals surface area contributed by atoms with Crippen LogP contribution in [0.2, 0.25) is 0 Å². The van der Waals surface area contributed by atoms with Crippen LogP contribution in [0.25, 0.3) is 21.8 Å². The van der Waals surface area contributed by atoms with E-state index in [1.54, 1.807) is 0 Å². The molecule has 3 aromatic rings. The number of ether oxygens (including phenoxy) is 4. The first kappa shape index (κ1) is 21.5. The number of benzene rings is 2. The highest BCUT2D eigenvalue weighted by atomic mass is 16.6. The van der Waals surface area contributed by atoms with Crippen LogP contribution in [0.4, 0.5) is 0 Å². The molecule has 0 saturated heterocycles. The van der Waals surface area contributed by atoms with E-state index in [4.69, 9.17) is 18.9 Å². The molecule has 160 valence electrons. The second kappa shape index (κ2) is 8.26. The molecule has 0 amide bonds. The van der Waals surface area contributed by atoms with Gasteiger partial charge in [-0.2, -0.15) is 0 Å². The molecule has 0 aliphatic carbocycles. The van der Waals surface area contributed by atoms with E-state index in [-0.39, 0.29) is 35.2 Å². The molecule has 0 spiro atoms. The van der Waals surface area contributed by atoms with Crippen molar-refractivity contribution in [1.29, 1.82) is 0 Å². The lowest BCUT2D eigenvalue weighted by atomic mass is 10.1. The monoisotopic (exact) mass is 413 g/mol. The number of aryl methyl sites for hydroxylation is 1. The quantitative estimate of drug-likeness (QED) is 0.429. The number of fused-ring (bicyclic) bond motifs is 3. The fourth-order valence-electron chi connectivity index (χ4n) is 3.48. The number of carbonyl (C=O) groups excluding carboxylic acids is 2. The largest absolute Gasteiger partial charge is 0.484 e. The minimum Gasteiger partial charge on any atom is -0.484 e. The molecular formula is C23H27NO6. The number of hydrogen-bond acceptors (Lipinski definition) is 6. The number of carbonyl (C=O) groups is 2. The summed E-state index contributed by atoms with van der Waals surface area (Å²) in [4.78, 5) is 24.0. The molecule has 3 rings (SSSR count). The first-order chi connectivity index (χ1) is 14.1. The standard InChI is InChI=1S/C23H27NO6/c1-12(2)27-22-20(29-14(5)25)18-16-10-8-9-11-17(16)24(7)19(18)21(30-15(6)26)23(22)28-13(3)4/h8-13H,1-7H3. The van der Waals surface area contributed by atoms with Crippen LogP contribution in [0.5, 0.6) is 23.0 Å². The molecule has 1 aromatic heterocycles. The minimum absolute atomic E-state index is 0.226. The van der Waals surface area contributed by atoms with Gasteiger partial charge in [0.05, 0.1) is 17.6 Å². The number of para-hydroxylation sites is 1. The summed E-state index contributed by atoms with van der Waals surface area (Å²) < 4.78 is 25.3. The van der Waals surface area contributed by atoms with Gasteiger partial charge in [-0.15, -0.1) is 0 Å². The summed E-state index contributed by atoms with van der Waals surface area (Å²) >= 11 is 0. The highest BCUT2D eigenvalue weighted by Crippen LogP contribution is 2.54. The van der Waals surface area contributed by atoms with Crippen LogP contribution in [0.15, 0.2) is 24.3 Å². The van der Waals surface area contributed by atoms with E-state index in [1.807, 2.05) is 63.6 Å². The molecule has 0 bridgehead atoms. The summed E-state index contributed by atoms with van der Waals surface area (Å²) in [5, 5.41) is 1.45. The lowest BCUT2D eigenvalue weighted by Crippen LogP contribution is -2.15. The molecule has 0 aliphatic rings. The van der Waals surface area contributed by atoms with E-state index in [2.05, 4.69) is 0 Å². The summed E-state index contributed by atoms with van der Waals surface area (Å²) in [7, 11) is 1.86. The zero-order valence-electron chi connectivity index (χ0n) is 18.4. The van der Waals surface area contributed by atoms with Gasteiger partial charge >= 0.3 is 11.9 Å². The average Bonchev–Trinajstić information content (AvgIpc) is 2.93. The topological polar surface area (TPSA) is 76.0 Å². The maximum absolute atomic E-state index is 12.0. The van der Waals surface area contributed by atoms with Gasteiger partial charge in [-0.05, 0) is 33.8 Å². The van der Waals surface area contributed by atoms with Crippen LogP contribution >= 0.6 is 0 Å². The maximum atomic E-state index is 12.0. The van der Waals surface area contributed by atoms with Crippen LogP contribution < -0.4 is 18.9 Å². The Labute approximate surface area is 175 Å². The maximum Gasteiger partial charge on any atom is 0.308 e. The third kappa shape index (κ3) is 3.92. The normalized spacial score (nSPS) is 11.4. The molecule has 0 N–H and O–H groups in total. The predicted molar refractivity (Wildman–Crippen MR) is 115 cm³/mol. The van der Waals surface area contributed by atoms with Crippen molar-refractivity contribution in [2.75, 3.05) is 0 Å². The average molecular weight is 413 g/mol. The second-order valence-corrected chi connectivity index (χ2v) is 7.64. The van der Waals surface area contributed by atoms with Gasteiger partial charge in [-0.25, -0.2) is 0 Å². The number of nitrogens with zero attached hydrogens (tertiary/aromatic N) is 1. The Morgan fingerprint density at radius 3 is 1.83 bits per heavy atom. The van der Waals surface area contributed by atoms with Crippen molar-refractivity contribution in [3.05, 3.63) is 24.3 Å². The Hall–Kier alpha value is -3.22. The summed E-state index contributed by atoms with van der Waals surface area (Å²) in [6, 6.07) is 7.67. The van der Waals surface area contributed by atoms with Crippen molar-refractivity contribution in [1.82, 2.24) is 4.57 Å². The zero-order chi connectivity index (χ0) is 22.2. The molecule has 0 radical (unpaired) electrons. The van der Waals surface area contributed by atoms with Gasteiger partial charge in [0.25, 0.3) is 0 Å². The minimum atomic E-state index is -0.495. The lowest BCUT2D eigenvalue weighted by molar-refractivity contribution is -0.133. The Bertz CT molecular complexity index is 1130. The fourth-order valence-corrected chi connectivity index (χ4v) is 3.48. The number of aromatic nitrogens is 1. The van der Waals surface area contributed by atoms with Crippen molar-refractivity contribution >= 4 is 33.7 Å². The summed E-state index contributed by atoms with van der Waals surface area (Å²) in [6.45, 7) is 10.1. The molecule has 0 fully saturated rings. The second-order valence-electron chi connectivity index (χ2n) is 7.64. The Morgan fingerprint density at radius 1 is 0.800 bits per heavy atom. The van der Waals surface area contributed by atoms with E-state index in [1.165, 1.54) is 13.8 Å². The van der Waals surface area contributed by atoms with Gasteiger partial charge in [-0.3, -0.25) is 9.59 Å². The molecule has 0 unspecified atom stereocenters. The fraction of sp³-hybridized carbons (Fsp3) is 0.391.